The number of fused-ring (bicyclic) bond motifs is 1. The molecule has 0 radical (unpaired) electrons. The van der Waals surface area contributed by atoms with Crippen LogP contribution in [-0.4, -0.2) is 30.2 Å². The highest BCUT2D eigenvalue weighted by Crippen LogP contribution is 2.31. The van der Waals surface area contributed by atoms with Crippen LogP contribution in [0.5, 0.6) is 0 Å². The molecule has 1 aliphatic rings. The molecule has 1 aliphatic heterocycles. The minimum atomic E-state index is -0.735. The van der Waals surface area contributed by atoms with Gasteiger partial charge in [0.25, 0.3) is 0 Å². The zero-order valence-electron chi connectivity index (χ0n) is 17.3. The number of nitrogens with one attached hydrogen (secondary N) is 2. The number of aliphatic imine (C=N–C) groups is 1. The van der Waals surface area contributed by atoms with Crippen molar-refractivity contribution in [2.45, 2.75) is 19.4 Å². The molecule has 0 bridgehead atoms. The molecule has 0 spiro atoms. The molecule has 156 valence electrons. The fourth-order valence-electron chi connectivity index (χ4n) is 3.56. The molecule has 0 unspecified atom stereocenters. The largest absolute Gasteiger partial charge is 0.326 e. The Bertz CT molecular complexity index is 1100. The zero-order chi connectivity index (χ0) is 21.6. The minimum absolute atomic E-state index is 0.265. The lowest BCUT2D eigenvalue weighted by atomic mass is 10.1. The maximum Gasteiger partial charge on any atom is 0.322 e. The molecule has 0 fully saturated rings. The average Bonchev–Trinajstić information content (AvgIpc) is 2.79. The number of urea groups is 1. The van der Waals surface area contributed by atoms with Crippen LogP contribution >= 0.6 is 0 Å². The van der Waals surface area contributed by atoms with E-state index in [4.69, 9.17) is 0 Å². The van der Waals surface area contributed by atoms with Gasteiger partial charge in [-0.2, -0.15) is 0 Å². The smallest absolute Gasteiger partial charge is 0.322 e. The Kier molecular flexibility index (Phi) is 6.08. The first-order chi connectivity index (χ1) is 15.1. The van der Waals surface area contributed by atoms with Gasteiger partial charge in [0.2, 0.25) is 5.91 Å². The molecular formula is C25H24N4O2. The molecule has 0 aliphatic carbocycles. The predicted molar refractivity (Wildman–Crippen MR) is 124 cm³/mol. The van der Waals surface area contributed by atoms with Crippen molar-refractivity contribution in [1.82, 2.24) is 5.32 Å². The van der Waals surface area contributed by atoms with Crippen LogP contribution in [0.1, 0.15) is 12.5 Å². The number of hydrogen-bond donors (Lipinski definition) is 2. The molecule has 3 aromatic carbocycles. The van der Waals surface area contributed by atoms with Gasteiger partial charge in [0.05, 0.1) is 17.9 Å². The Balaban J connectivity index is 1.56. The van der Waals surface area contributed by atoms with Crippen LogP contribution in [0.4, 0.5) is 21.9 Å². The van der Waals surface area contributed by atoms with Gasteiger partial charge < -0.3 is 10.6 Å². The number of benzene rings is 3. The number of carbonyl (C=O) groups excluding carboxylic acids is 2. The summed E-state index contributed by atoms with van der Waals surface area (Å²) < 4.78 is 0. The average molecular weight is 412 g/mol. The molecule has 31 heavy (non-hydrogen) atoms. The number of carbonyl (C=O) groups is 2. The first-order valence-corrected chi connectivity index (χ1v) is 10.2. The van der Waals surface area contributed by atoms with Gasteiger partial charge in [-0.25, -0.2) is 4.79 Å². The number of hydrogen-bond acceptors (Lipinski definition) is 3. The number of para-hydroxylation sites is 3. The molecule has 1 atom stereocenters. The van der Waals surface area contributed by atoms with Crippen molar-refractivity contribution in [2.75, 3.05) is 16.8 Å². The van der Waals surface area contributed by atoms with Crippen LogP contribution in [0.15, 0.2) is 89.9 Å². The summed E-state index contributed by atoms with van der Waals surface area (Å²) in [4.78, 5) is 32.5. The maximum atomic E-state index is 13.2. The van der Waals surface area contributed by atoms with E-state index in [0.717, 1.165) is 22.6 Å². The molecule has 3 amide bonds. The van der Waals surface area contributed by atoms with Crippen LogP contribution in [0, 0.1) is 0 Å². The molecule has 0 saturated heterocycles. The highest BCUT2D eigenvalue weighted by Gasteiger charge is 2.28. The Morgan fingerprint density at radius 3 is 2.32 bits per heavy atom. The highest BCUT2D eigenvalue weighted by atomic mass is 16.2. The van der Waals surface area contributed by atoms with E-state index in [1.807, 2.05) is 91.9 Å². The van der Waals surface area contributed by atoms with Gasteiger partial charge in [-0.3, -0.25) is 14.7 Å². The predicted octanol–water partition coefficient (Wildman–Crippen LogP) is 4.56. The van der Waals surface area contributed by atoms with Crippen molar-refractivity contribution in [3.05, 3.63) is 90.5 Å². The van der Waals surface area contributed by atoms with E-state index in [-0.39, 0.29) is 11.9 Å². The third-order valence-electron chi connectivity index (χ3n) is 5.05. The van der Waals surface area contributed by atoms with E-state index in [1.165, 1.54) is 0 Å². The van der Waals surface area contributed by atoms with Crippen LogP contribution in [-0.2, 0) is 11.2 Å². The third kappa shape index (κ3) is 4.98. The van der Waals surface area contributed by atoms with Gasteiger partial charge >= 0.3 is 6.03 Å². The minimum Gasteiger partial charge on any atom is -0.326 e. The van der Waals surface area contributed by atoms with Crippen molar-refractivity contribution < 1.29 is 9.59 Å². The Hall–Kier alpha value is -3.93. The first-order valence-electron chi connectivity index (χ1n) is 10.2. The second kappa shape index (κ2) is 9.26. The van der Waals surface area contributed by atoms with Gasteiger partial charge in [-0.05, 0) is 36.8 Å². The van der Waals surface area contributed by atoms with E-state index in [1.54, 1.807) is 4.90 Å². The van der Waals surface area contributed by atoms with Gasteiger partial charge in [-0.1, -0.05) is 60.7 Å². The van der Waals surface area contributed by atoms with E-state index >= 15 is 0 Å². The summed E-state index contributed by atoms with van der Waals surface area (Å²) in [6.45, 7) is 2.26. The van der Waals surface area contributed by atoms with Crippen LogP contribution in [0.25, 0.3) is 0 Å². The summed E-state index contributed by atoms with van der Waals surface area (Å²) in [5.74, 6) is -0.265. The summed E-state index contributed by atoms with van der Waals surface area (Å²) in [7, 11) is 0. The summed E-state index contributed by atoms with van der Waals surface area (Å²) in [5.41, 5.74) is 3.96. The molecule has 4 rings (SSSR count). The van der Waals surface area contributed by atoms with Crippen LogP contribution in [0.2, 0.25) is 0 Å². The molecule has 2 N–H and O–H groups in total. The number of amides is 3. The lowest BCUT2D eigenvalue weighted by Crippen LogP contribution is -2.52. The SMILES string of the molecule is CC1=Nc2ccccc2N(C(=O)N[C@@H](Cc2ccccc2)C(=O)Nc2ccccc2)C1. The van der Waals surface area contributed by atoms with E-state index in [9.17, 15) is 9.59 Å². The van der Waals surface area contributed by atoms with Gasteiger partial charge in [0.1, 0.15) is 6.04 Å². The summed E-state index contributed by atoms with van der Waals surface area (Å²) >= 11 is 0. The number of nitrogens with zero attached hydrogens (tertiary/aromatic N) is 2. The fourth-order valence-corrected chi connectivity index (χ4v) is 3.56. The van der Waals surface area contributed by atoms with Crippen molar-refractivity contribution in [1.29, 1.82) is 0 Å². The van der Waals surface area contributed by atoms with Crippen LogP contribution in [0.3, 0.4) is 0 Å². The molecule has 0 aromatic heterocycles. The second-order valence-corrected chi connectivity index (χ2v) is 7.47. The number of anilines is 2. The Morgan fingerprint density at radius 2 is 1.58 bits per heavy atom. The van der Waals surface area contributed by atoms with E-state index < -0.39 is 6.04 Å². The van der Waals surface area contributed by atoms with Gasteiger partial charge in [0.15, 0.2) is 0 Å². The van der Waals surface area contributed by atoms with Crippen molar-refractivity contribution in [2.24, 2.45) is 4.99 Å². The van der Waals surface area contributed by atoms with Crippen molar-refractivity contribution >= 4 is 34.7 Å². The molecule has 0 saturated carbocycles. The van der Waals surface area contributed by atoms with E-state index in [2.05, 4.69) is 15.6 Å². The fraction of sp³-hybridized carbons (Fsp3) is 0.160. The van der Waals surface area contributed by atoms with Gasteiger partial charge in [-0.15, -0.1) is 0 Å². The standard InChI is InChI=1S/C25H24N4O2/c1-18-17-29(23-15-9-8-14-21(23)26-18)25(31)28-22(16-19-10-4-2-5-11-19)24(30)27-20-12-6-3-7-13-20/h2-15,22H,16-17H2,1H3,(H,27,30)(H,28,31)/t22-/m0/s1. The summed E-state index contributed by atoms with van der Waals surface area (Å²) in [6, 6.07) is 25.3. The molecule has 6 nitrogen and oxygen atoms in total. The summed E-state index contributed by atoms with van der Waals surface area (Å²) in [5, 5.41) is 5.84. The molecule has 3 aromatic rings. The monoisotopic (exact) mass is 412 g/mol. The van der Waals surface area contributed by atoms with Gasteiger partial charge in [0, 0.05) is 17.8 Å². The Labute approximate surface area is 181 Å². The molecule has 1 heterocycles. The maximum absolute atomic E-state index is 13.2. The zero-order valence-corrected chi connectivity index (χ0v) is 17.3. The Morgan fingerprint density at radius 1 is 0.935 bits per heavy atom. The topological polar surface area (TPSA) is 73.8 Å². The normalized spacial score (nSPS) is 13.6. The molecule has 6 heteroatoms. The molecular weight excluding hydrogens is 388 g/mol. The third-order valence-corrected chi connectivity index (χ3v) is 5.05. The second-order valence-electron chi connectivity index (χ2n) is 7.47. The lowest BCUT2D eigenvalue weighted by Gasteiger charge is -2.29. The summed E-state index contributed by atoms with van der Waals surface area (Å²) in [6.07, 6.45) is 0.383. The van der Waals surface area contributed by atoms with Crippen LogP contribution < -0.4 is 15.5 Å². The van der Waals surface area contributed by atoms with Crippen molar-refractivity contribution in [3.8, 4) is 0 Å². The van der Waals surface area contributed by atoms with Crippen molar-refractivity contribution in [3.63, 3.8) is 0 Å². The number of rotatable bonds is 5. The first kappa shape index (κ1) is 20.3. The lowest BCUT2D eigenvalue weighted by molar-refractivity contribution is -0.117. The van der Waals surface area contributed by atoms with E-state index in [0.29, 0.717) is 18.7 Å². The highest BCUT2D eigenvalue weighted by molar-refractivity contribution is 6.07. The quantitative estimate of drug-likeness (QED) is 0.645.